The van der Waals surface area contributed by atoms with Gasteiger partial charge in [-0.15, -0.1) is 11.8 Å². The van der Waals surface area contributed by atoms with Gasteiger partial charge in [-0.05, 0) is 61.9 Å². The Hall–Kier alpha value is -2.51. The Morgan fingerprint density at radius 1 is 1.08 bits per heavy atom. The van der Waals surface area contributed by atoms with E-state index in [2.05, 4.69) is 4.99 Å². The van der Waals surface area contributed by atoms with Crippen LogP contribution in [0.2, 0.25) is 0 Å². The monoisotopic (exact) mass is 373 g/mol. The number of guanidine groups is 1. The summed E-state index contributed by atoms with van der Waals surface area (Å²) >= 11 is 1.75. The predicted octanol–water partition coefficient (Wildman–Crippen LogP) is 3.33. The predicted molar refractivity (Wildman–Crippen MR) is 105 cm³/mol. The summed E-state index contributed by atoms with van der Waals surface area (Å²) in [6, 6.07) is 14.0. The lowest BCUT2D eigenvalue weighted by atomic mass is 10.2. The molecule has 0 bridgehead atoms. The molecule has 0 aliphatic carbocycles. The molecule has 0 saturated carbocycles. The first-order chi connectivity index (χ1) is 12.6. The fourth-order valence-corrected chi connectivity index (χ4v) is 2.91. The number of hydrogen-bond acceptors (Lipinski definition) is 5. The smallest absolute Gasteiger partial charge is 0.343 e. The number of aliphatic imine (C=N–C) groups is 1. The zero-order valence-electron chi connectivity index (χ0n) is 14.7. The molecule has 7 heteroatoms. The third kappa shape index (κ3) is 6.78. The van der Waals surface area contributed by atoms with Crippen molar-refractivity contribution >= 4 is 29.4 Å². The Kier molecular flexibility index (Phi) is 7.98. The molecule has 2 rings (SSSR count). The number of benzene rings is 2. The van der Waals surface area contributed by atoms with Crippen molar-refractivity contribution in [2.45, 2.75) is 18.2 Å². The van der Waals surface area contributed by atoms with Crippen LogP contribution in [0.4, 0.5) is 5.69 Å². The second-order valence-corrected chi connectivity index (χ2v) is 6.51. The second kappa shape index (κ2) is 10.5. The average Bonchev–Trinajstić information content (AvgIpc) is 2.63. The van der Waals surface area contributed by atoms with Crippen LogP contribution < -0.4 is 16.2 Å². The number of rotatable bonds is 9. The van der Waals surface area contributed by atoms with Gasteiger partial charge in [-0.3, -0.25) is 0 Å². The minimum Gasteiger partial charge on any atom is -0.423 e. The number of carbonyl (C=O) groups excluding carboxylic acids is 1. The van der Waals surface area contributed by atoms with Crippen molar-refractivity contribution in [1.82, 2.24) is 0 Å². The third-order valence-corrected chi connectivity index (χ3v) is 4.40. The standard InChI is InChI=1S/C19H23N3O3S/c1-2-24-12-3-13-26-17-10-8-16(9-11-17)25-18(23)14-4-6-15(7-5-14)22-19(20)21/h4-11H,2-3,12-13H2,1H3,(H4,20,21,22). The van der Waals surface area contributed by atoms with Gasteiger partial charge in [0, 0.05) is 23.9 Å². The number of carbonyl (C=O) groups is 1. The van der Waals surface area contributed by atoms with Gasteiger partial charge in [-0.2, -0.15) is 0 Å². The molecule has 26 heavy (non-hydrogen) atoms. The van der Waals surface area contributed by atoms with Crippen molar-refractivity contribution in [2.24, 2.45) is 16.5 Å². The van der Waals surface area contributed by atoms with Gasteiger partial charge in [0.15, 0.2) is 5.96 Å². The van der Waals surface area contributed by atoms with Crippen LogP contribution >= 0.6 is 11.8 Å². The summed E-state index contributed by atoms with van der Waals surface area (Å²) in [7, 11) is 0. The SMILES string of the molecule is CCOCCCSc1ccc(OC(=O)c2ccc(N=C(N)N)cc2)cc1. The van der Waals surface area contributed by atoms with Crippen LogP contribution in [0.3, 0.4) is 0 Å². The van der Waals surface area contributed by atoms with E-state index in [1.165, 1.54) is 0 Å². The summed E-state index contributed by atoms with van der Waals surface area (Å²) in [6.07, 6.45) is 1.01. The Labute approximate surface area is 157 Å². The van der Waals surface area contributed by atoms with Crippen LogP contribution in [0.1, 0.15) is 23.7 Å². The van der Waals surface area contributed by atoms with Crippen LogP contribution in [0.5, 0.6) is 5.75 Å². The Morgan fingerprint density at radius 3 is 2.38 bits per heavy atom. The van der Waals surface area contributed by atoms with Crippen molar-refractivity contribution in [3.05, 3.63) is 54.1 Å². The molecule has 0 atom stereocenters. The quantitative estimate of drug-likeness (QED) is 0.175. The lowest BCUT2D eigenvalue weighted by molar-refractivity contribution is 0.0734. The molecule has 0 saturated heterocycles. The van der Waals surface area contributed by atoms with E-state index in [0.717, 1.165) is 30.3 Å². The summed E-state index contributed by atoms with van der Waals surface area (Å²) in [5.74, 6) is 1.03. The normalized spacial score (nSPS) is 10.3. The highest BCUT2D eigenvalue weighted by Gasteiger charge is 2.08. The molecule has 0 heterocycles. The number of nitrogens with zero attached hydrogens (tertiary/aromatic N) is 1. The zero-order valence-corrected chi connectivity index (χ0v) is 15.5. The molecule has 4 N–H and O–H groups in total. The van der Waals surface area contributed by atoms with Gasteiger partial charge < -0.3 is 20.9 Å². The first-order valence-corrected chi connectivity index (χ1v) is 9.29. The zero-order chi connectivity index (χ0) is 18.8. The summed E-state index contributed by atoms with van der Waals surface area (Å²) in [6.45, 7) is 3.52. The van der Waals surface area contributed by atoms with E-state index in [1.807, 2.05) is 19.1 Å². The molecule has 0 aliphatic rings. The maximum atomic E-state index is 12.2. The topological polar surface area (TPSA) is 99.9 Å². The van der Waals surface area contributed by atoms with Crippen molar-refractivity contribution in [3.63, 3.8) is 0 Å². The Balaban J connectivity index is 1.86. The van der Waals surface area contributed by atoms with Crippen LogP contribution in [0, 0.1) is 0 Å². The molecule has 2 aromatic rings. The molecule has 0 spiro atoms. The first kappa shape index (κ1) is 19.8. The van der Waals surface area contributed by atoms with E-state index in [1.54, 1.807) is 48.2 Å². The van der Waals surface area contributed by atoms with Crippen molar-refractivity contribution in [2.75, 3.05) is 19.0 Å². The van der Waals surface area contributed by atoms with Crippen molar-refractivity contribution < 1.29 is 14.3 Å². The number of esters is 1. The molecule has 0 unspecified atom stereocenters. The molecule has 6 nitrogen and oxygen atoms in total. The van der Waals surface area contributed by atoms with Crippen LogP contribution in [0.15, 0.2) is 58.4 Å². The molecule has 0 radical (unpaired) electrons. The van der Waals surface area contributed by atoms with Gasteiger partial charge in [0.25, 0.3) is 0 Å². The molecule has 0 aliphatic heterocycles. The van der Waals surface area contributed by atoms with E-state index in [4.69, 9.17) is 20.9 Å². The first-order valence-electron chi connectivity index (χ1n) is 8.31. The van der Waals surface area contributed by atoms with Crippen LogP contribution in [0.25, 0.3) is 0 Å². The van der Waals surface area contributed by atoms with E-state index >= 15 is 0 Å². The number of nitrogens with two attached hydrogens (primary N) is 2. The van der Waals surface area contributed by atoms with Gasteiger partial charge in [0.1, 0.15) is 5.75 Å². The van der Waals surface area contributed by atoms with Crippen LogP contribution in [-0.4, -0.2) is 30.9 Å². The lowest BCUT2D eigenvalue weighted by Gasteiger charge is -2.06. The molecule has 0 aromatic heterocycles. The van der Waals surface area contributed by atoms with Crippen molar-refractivity contribution in [1.29, 1.82) is 0 Å². The Bertz CT molecular complexity index is 727. The number of ether oxygens (including phenoxy) is 2. The highest BCUT2D eigenvalue weighted by Crippen LogP contribution is 2.23. The summed E-state index contributed by atoms with van der Waals surface area (Å²) in [4.78, 5) is 17.2. The molecule has 0 amide bonds. The van der Waals surface area contributed by atoms with Gasteiger partial charge >= 0.3 is 5.97 Å². The minimum atomic E-state index is -0.432. The second-order valence-electron chi connectivity index (χ2n) is 5.34. The van der Waals surface area contributed by atoms with E-state index < -0.39 is 5.97 Å². The number of thioether (sulfide) groups is 1. The highest BCUT2D eigenvalue weighted by molar-refractivity contribution is 7.99. The lowest BCUT2D eigenvalue weighted by Crippen LogP contribution is -2.21. The molecule has 2 aromatic carbocycles. The van der Waals surface area contributed by atoms with E-state index in [-0.39, 0.29) is 5.96 Å². The van der Waals surface area contributed by atoms with Crippen molar-refractivity contribution in [3.8, 4) is 5.75 Å². The molecular weight excluding hydrogens is 350 g/mol. The largest absolute Gasteiger partial charge is 0.423 e. The van der Waals surface area contributed by atoms with Gasteiger partial charge in [-0.25, -0.2) is 9.79 Å². The summed E-state index contributed by atoms with van der Waals surface area (Å²) < 4.78 is 10.7. The van der Waals surface area contributed by atoms with Gasteiger partial charge in [0.05, 0.1) is 11.3 Å². The molecule has 0 fully saturated rings. The molecule has 138 valence electrons. The molecular formula is C19H23N3O3S. The third-order valence-electron chi connectivity index (χ3n) is 3.30. The number of hydrogen-bond donors (Lipinski definition) is 2. The van der Waals surface area contributed by atoms with Crippen LogP contribution in [-0.2, 0) is 4.74 Å². The fraction of sp³-hybridized carbons (Fsp3) is 0.263. The highest BCUT2D eigenvalue weighted by atomic mass is 32.2. The minimum absolute atomic E-state index is 0.0313. The maximum Gasteiger partial charge on any atom is 0.343 e. The summed E-state index contributed by atoms with van der Waals surface area (Å²) in [5.41, 5.74) is 11.6. The van der Waals surface area contributed by atoms with E-state index in [0.29, 0.717) is 17.0 Å². The average molecular weight is 373 g/mol. The van der Waals surface area contributed by atoms with Gasteiger partial charge in [0.2, 0.25) is 0 Å². The summed E-state index contributed by atoms with van der Waals surface area (Å²) in [5, 5.41) is 0. The van der Waals surface area contributed by atoms with E-state index in [9.17, 15) is 4.79 Å². The van der Waals surface area contributed by atoms with Gasteiger partial charge in [-0.1, -0.05) is 0 Å². The Morgan fingerprint density at radius 2 is 1.77 bits per heavy atom. The fourth-order valence-electron chi connectivity index (χ4n) is 2.09. The maximum absolute atomic E-state index is 12.2.